The second kappa shape index (κ2) is 9.41. The van der Waals surface area contributed by atoms with E-state index in [1.807, 2.05) is 30.3 Å². The molecule has 0 fully saturated rings. The number of phenols is 1. The number of carboxylic acids is 1. The van der Waals surface area contributed by atoms with Gasteiger partial charge in [-0.1, -0.05) is 53.5 Å². The molecular weight excluding hydrogens is 501 g/mol. The van der Waals surface area contributed by atoms with E-state index in [2.05, 4.69) is 0 Å². The molecule has 5 rings (SSSR count). The maximum Gasteiger partial charge on any atom is 0.339 e. The molecule has 1 aliphatic heterocycles. The summed E-state index contributed by atoms with van der Waals surface area (Å²) >= 11 is 12.1. The smallest absolute Gasteiger partial charge is 0.339 e. The maximum absolute atomic E-state index is 13.5. The number of carboxylic acid groups (broad SMARTS) is 1. The third-order valence-corrected chi connectivity index (χ3v) is 6.39. The molecule has 1 aromatic heterocycles. The van der Waals surface area contributed by atoms with Crippen molar-refractivity contribution in [2.24, 2.45) is 0 Å². The lowest BCUT2D eigenvalue weighted by Crippen LogP contribution is -2.25. The van der Waals surface area contributed by atoms with Gasteiger partial charge in [-0.2, -0.15) is 0 Å². The number of benzene rings is 3. The summed E-state index contributed by atoms with van der Waals surface area (Å²) in [6.45, 7) is 0. The molecule has 0 spiro atoms. The summed E-state index contributed by atoms with van der Waals surface area (Å²) < 4.78 is 5.93. The van der Waals surface area contributed by atoms with Crippen molar-refractivity contribution >= 4 is 52.5 Å². The van der Waals surface area contributed by atoms with Gasteiger partial charge in [0.05, 0.1) is 21.4 Å². The normalized spacial score (nSPS) is 14.4. The predicted octanol–water partition coefficient (Wildman–Crippen LogP) is 7.13. The Morgan fingerprint density at radius 1 is 0.889 bits per heavy atom. The first kappa shape index (κ1) is 23.5. The van der Waals surface area contributed by atoms with Crippen molar-refractivity contribution in [3.8, 4) is 17.1 Å². The molecular formula is C28H17Cl2NO5. The number of aromatic hydroxyl groups is 1. The molecule has 2 heterocycles. The molecule has 0 saturated heterocycles. The summed E-state index contributed by atoms with van der Waals surface area (Å²) in [5, 5.41) is 20.3. The van der Waals surface area contributed by atoms with Crippen LogP contribution in [-0.4, -0.2) is 22.1 Å². The number of carbonyl (C=O) groups excluding carboxylic acids is 1. The van der Waals surface area contributed by atoms with Crippen LogP contribution in [0.5, 0.6) is 5.75 Å². The Balaban J connectivity index is 1.54. The third-order valence-electron chi connectivity index (χ3n) is 5.65. The van der Waals surface area contributed by atoms with E-state index in [1.54, 1.807) is 42.5 Å². The molecule has 0 saturated carbocycles. The molecule has 0 bridgehead atoms. The van der Waals surface area contributed by atoms with Crippen LogP contribution in [0, 0.1) is 0 Å². The molecule has 6 nitrogen and oxygen atoms in total. The fourth-order valence-corrected chi connectivity index (χ4v) is 4.22. The number of hydrogen-bond donors (Lipinski definition) is 2. The van der Waals surface area contributed by atoms with Crippen molar-refractivity contribution in [1.29, 1.82) is 0 Å². The van der Waals surface area contributed by atoms with Gasteiger partial charge in [0.15, 0.2) is 0 Å². The minimum Gasteiger partial charge on any atom is -0.507 e. The van der Waals surface area contributed by atoms with Crippen molar-refractivity contribution < 1.29 is 24.2 Å². The van der Waals surface area contributed by atoms with Gasteiger partial charge in [0.2, 0.25) is 0 Å². The van der Waals surface area contributed by atoms with Crippen molar-refractivity contribution in [3.05, 3.63) is 117 Å². The average Bonchev–Trinajstić information content (AvgIpc) is 3.46. The SMILES string of the molecule is O=C(O)c1ccc(N2C(=O)/C(=C/c3ccc(-c4ccc(Cl)c(Cl)c4)o3)C=C2c2ccccc2)cc1O. The highest BCUT2D eigenvalue weighted by Crippen LogP contribution is 2.38. The number of halogens is 2. The lowest BCUT2D eigenvalue weighted by Gasteiger charge is -2.21. The minimum absolute atomic E-state index is 0.253. The van der Waals surface area contributed by atoms with Crippen LogP contribution in [0.25, 0.3) is 23.1 Å². The lowest BCUT2D eigenvalue weighted by molar-refractivity contribution is -0.113. The summed E-state index contributed by atoms with van der Waals surface area (Å²) in [5.74, 6) is -1.04. The fraction of sp³-hybridized carbons (Fsp3) is 0. The topological polar surface area (TPSA) is 91.0 Å². The van der Waals surface area contributed by atoms with Crippen LogP contribution in [0.1, 0.15) is 21.7 Å². The van der Waals surface area contributed by atoms with Gasteiger partial charge in [0, 0.05) is 17.2 Å². The van der Waals surface area contributed by atoms with Gasteiger partial charge in [0.1, 0.15) is 22.8 Å². The van der Waals surface area contributed by atoms with Crippen LogP contribution in [0.15, 0.2) is 94.9 Å². The highest BCUT2D eigenvalue weighted by atomic mass is 35.5. The fourth-order valence-electron chi connectivity index (χ4n) is 3.92. The van der Waals surface area contributed by atoms with Gasteiger partial charge in [0.25, 0.3) is 5.91 Å². The van der Waals surface area contributed by atoms with Gasteiger partial charge in [-0.05, 0) is 60.2 Å². The van der Waals surface area contributed by atoms with Crippen LogP contribution in [0.4, 0.5) is 5.69 Å². The van der Waals surface area contributed by atoms with E-state index < -0.39 is 11.7 Å². The van der Waals surface area contributed by atoms with Crippen molar-refractivity contribution in [1.82, 2.24) is 0 Å². The highest BCUT2D eigenvalue weighted by Gasteiger charge is 2.31. The molecule has 36 heavy (non-hydrogen) atoms. The standard InChI is InChI=1S/C28H17Cl2NO5/c29-22-10-6-17(13-23(22)30)26-11-8-20(36-26)12-18-14-24(16-4-2-1-3-5-16)31(27(18)33)19-7-9-21(28(34)35)25(32)15-19/h1-15,32H,(H,34,35)/b18-12+. The Bertz CT molecular complexity index is 1570. The van der Waals surface area contributed by atoms with E-state index in [9.17, 15) is 19.8 Å². The predicted molar refractivity (Wildman–Crippen MR) is 139 cm³/mol. The zero-order chi connectivity index (χ0) is 25.4. The molecule has 0 unspecified atom stereocenters. The Kier molecular flexibility index (Phi) is 6.14. The number of furan rings is 1. The summed E-state index contributed by atoms with van der Waals surface area (Å²) in [6.07, 6.45) is 3.35. The Morgan fingerprint density at radius 3 is 2.36 bits per heavy atom. The Labute approximate surface area is 215 Å². The molecule has 0 radical (unpaired) electrons. The number of rotatable bonds is 5. The van der Waals surface area contributed by atoms with Crippen LogP contribution in [0.2, 0.25) is 10.0 Å². The monoisotopic (exact) mass is 517 g/mol. The zero-order valence-electron chi connectivity index (χ0n) is 18.5. The van der Waals surface area contributed by atoms with Crippen molar-refractivity contribution in [2.45, 2.75) is 0 Å². The first-order valence-corrected chi connectivity index (χ1v) is 11.5. The Morgan fingerprint density at radius 2 is 1.67 bits per heavy atom. The molecule has 1 amide bonds. The van der Waals surface area contributed by atoms with Crippen LogP contribution >= 0.6 is 23.2 Å². The van der Waals surface area contributed by atoms with Gasteiger partial charge in [-0.3, -0.25) is 9.69 Å². The van der Waals surface area contributed by atoms with E-state index in [1.165, 1.54) is 23.1 Å². The largest absolute Gasteiger partial charge is 0.507 e. The number of anilines is 1. The van der Waals surface area contributed by atoms with E-state index in [-0.39, 0.29) is 11.5 Å². The van der Waals surface area contributed by atoms with Crippen LogP contribution in [-0.2, 0) is 4.79 Å². The van der Waals surface area contributed by atoms with Crippen molar-refractivity contribution in [3.63, 3.8) is 0 Å². The molecule has 8 heteroatoms. The molecule has 0 atom stereocenters. The third kappa shape index (κ3) is 4.40. The first-order valence-electron chi connectivity index (χ1n) is 10.8. The number of amides is 1. The molecule has 1 aliphatic rings. The summed E-state index contributed by atoms with van der Waals surface area (Å²) in [6, 6.07) is 22.0. The van der Waals surface area contributed by atoms with E-state index in [0.717, 1.165) is 11.1 Å². The maximum atomic E-state index is 13.5. The molecule has 178 valence electrons. The zero-order valence-corrected chi connectivity index (χ0v) is 20.0. The number of aromatic carboxylic acids is 1. The molecule has 2 N–H and O–H groups in total. The highest BCUT2D eigenvalue weighted by molar-refractivity contribution is 6.42. The summed E-state index contributed by atoms with van der Waals surface area (Å²) in [7, 11) is 0. The molecule has 4 aromatic rings. The summed E-state index contributed by atoms with van der Waals surface area (Å²) in [4.78, 5) is 26.3. The quantitative estimate of drug-likeness (QED) is 0.275. The summed E-state index contributed by atoms with van der Waals surface area (Å²) in [5.41, 5.74) is 2.51. The van der Waals surface area contributed by atoms with E-state index in [0.29, 0.717) is 38.5 Å². The van der Waals surface area contributed by atoms with Crippen molar-refractivity contribution in [2.75, 3.05) is 4.90 Å². The first-order chi connectivity index (χ1) is 17.3. The second-order valence-electron chi connectivity index (χ2n) is 7.97. The van der Waals surface area contributed by atoms with Gasteiger partial charge >= 0.3 is 5.97 Å². The number of carbonyl (C=O) groups is 2. The average molecular weight is 518 g/mol. The Hall–Kier alpha value is -4.26. The number of nitrogens with zero attached hydrogens (tertiary/aromatic N) is 1. The van der Waals surface area contributed by atoms with Crippen LogP contribution < -0.4 is 4.90 Å². The lowest BCUT2D eigenvalue weighted by atomic mass is 10.1. The van der Waals surface area contributed by atoms with Gasteiger partial charge in [-0.15, -0.1) is 0 Å². The van der Waals surface area contributed by atoms with Gasteiger partial charge in [-0.25, -0.2) is 4.79 Å². The van der Waals surface area contributed by atoms with Crippen LogP contribution in [0.3, 0.4) is 0 Å². The molecule has 3 aromatic carbocycles. The second-order valence-corrected chi connectivity index (χ2v) is 8.79. The molecule has 0 aliphatic carbocycles. The van der Waals surface area contributed by atoms with Gasteiger partial charge < -0.3 is 14.6 Å². The number of hydrogen-bond acceptors (Lipinski definition) is 4. The van der Waals surface area contributed by atoms with E-state index in [4.69, 9.17) is 27.6 Å². The van der Waals surface area contributed by atoms with E-state index >= 15 is 0 Å². The minimum atomic E-state index is -1.26.